The van der Waals surface area contributed by atoms with Crippen LogP contribution in [0.1, 0.15) is 6.92 Å². The summed E-state index contributed by atoms with van der Waals surface area (Å²) >= 11 is 5.73. The molecule has 0 aliphatic rings. The normalized spacial score (nSPS) is 13.1. The van der Waals surface area contributed by atoms with Gasteiger partial charge in [0.15, 0.2) is 0 Å². The Hall–Kier alpha value is -1.31. The fraction of sp³-hybridized carbons (Fsp3) is 0.364. The lowest BCUT2D eigenvalue weighted by molar-refractivity contribution is -0.130. The van der Waals surface area contributed by atoms with E-state index in [9.17, 15) is 13.2 Å². The molecule has 0 fully saturated rings. The van der Waals surface area contributed by atoms with Crippen molar-refractivity contribution in [1.29, 1.82) is 0 Å². The molecule has 0 saturated carbocycles. The summed E-state index contributed by atoms with van der Waals surface area (Å²) in [5.41, 5.74) is 5.72. The van der Waals surface area contributed by atoms with Gasteiger partial charge in [-0.25, -0.2) is 8.42 Å². The topological polar surface area (TPSA) is 92.5 Å². The van der Waals surface area contributed by atoms with E-state index in [-0.39, 0.29) is 21.5 Å². The molecule has 106 valence electrons. The first kappa shape index (κ1) is 15.7. The van der Waals surface area contributed by atoms with Gasteiger partial charge in [0.25, 0.3) is 0 Å². The predicted octanol–water partition coefficient (Wildman–Crippen LogP) is 0.677. The summed E-state index contributed by atoms with van der Waals surface area (Å²) in [5, 5.41) is 0.274. The van der Waals surface area contributed by atoms with Gasteiger partial charge in [-0.15, -0.1) is 0 Å². The van der Waals surface area contributed by atoms with Crippen LogP contribution >= 0.6 is 11.6 Å². The van der Waals surface area contributed by atoms with Crippen LogP contribution in [-0.4, -0.2) is 39.4 Å². The van der Waals surface area contributed by atoms with Gasteiger partial charge in [0, 0.05) is 14.1 Å². The Balaban J connectivity index is 2.99. The largest absolute Gasteiger partial charge is 0.397 e. The molecule has 0 radical (unpaired) electrons. The molecule has 0 saturated heterocycles. The first-order valence-electron chi connectivity index (χ1n) is 5.43. The maximum atomic E-state index is 12.1. The second-order valence-electron chi connectivity index (χ2n) is 4.26. The number of carbonyl (C=O) groups excluding carboxylic acids is 1. The molecule has 3 N–H and O–H groups in total. The molecule has 0 bridgehead atoms. The van der Waals surface area contributed by atoms with Gasteiger partial charge in [0.05, 0.1) is 21.6 Å². The third-order valence-electron chi connectivity index (χ3n) is 2.42. The highest BCUT2D eigenvalue weighted by Crippen LogP contribution is 2.22. The van der Waals surface area contributed by atoms with E-state index >= 15 is 0 Å². The van der Waals surface area contributed by atoms with E-state index in [4.69, 9.17) is 17.3 Å². The molecule has 0 heterocycles. The second kappa shape index (κ2) is 5.77. The molecule has 0 spiro atoms. The van der Waals surface area contributed by atoms with Crippen LogP contribution in [0.15, 0.2) is 23.1 Å². The van der Waals surface area contributed by atoms with E-state index in [0.29, 0.717) is 0 Å². The van der Waals surface area contributed by atoms with Gasteiger partial charge in [0.1, 0.15) is 0 Å². The Morgan fingerprint density at radius 3 is 2.47 bits per heavy atom. The predicted molar refractivity (Wildman–Crippen MR) is 74.3 cm³/mol. The first-order valence-corrected chi connectivity index (χ1v) is 7.30. The molecular weight excluding hydrogens is 290 g/mol. The zero-order valence-corrected chi connectivity index (χ0v) is 12.4. The molecule has 1 rings (SSSR count). The number of halogens is 1. The van der Waals surface area contributed by atoms with Crippen LogP contribution in [0, 0.1) is 0 Å². The van der Waals surface area contributed by atoms with Crippen molar-refractivity contribution in [2.75, 3.05) is 19.8 Å². The summed E-state index contributed by atoms with van der Waals surface area (Å²) in [5.74, 6) is -0.342. The highest BCUT2D eigenvalue weighted by molar-refractivity contribution is 7.89. The van der Waals surface area contributed by atoms with Crippen molar-refractivity contribution in [3.8, 4) is 0 Å². The Morgan fingerprint density at radius 1 is 1.42 bits per heavy atom. The monoisotopic (exact) mass is 305 g/mol. The molecule has 6 nitrogen and oxygen atoms in total. The van der Waals surface area contributed by atoms with Crippen LogP contribution in [0.4, 0.5) is 5.69 Å². The second-order valence-corrected chi connectivity index (χ2v) is 6.38. The summed E-state index contributed by atoms with van der Waals surface area (Å²) in [7, 11) is -0.715. The molecule has 1 aromatic rings. The number of nitrogens with two attached hydrogens (primary N) is 1. The number of nitrogens with zero attached hydrogens (tertiary/aromatic N) is 1. The maximum absolute atomic E-state index is 12.1. The minimum absolute atomic E-state index is 0.0344. The quantitative estimate of drug-likeness (QED) is 0.800. The van der Waals surface area contributed by atoms with Crippen LogP contribution in [0.3, 0.4) is 0 Å². The van der Waals surface area contributed by atoms with Gasteiger partial charge >= 0.3 is 0 Å². The molecule has 19 heavy (non-hydrogen) atoms. The summed E-state index contributed by atoms with van der Waals surface area (Å²) in [6.07, 6.45) is 0. The third-order valence-corrected chi connectivity index (χ3v) is 4.30. The van der Waals surface area contributed by atoms with Gasteiger partial charge in [-0.1, -0.05) is 11.6 Å². The fourth-order valence-electron chi connectivity index (χ4n) is 1.43. The minimum Gasteiger partial charge on any atom is -0.397 e. The Morgan fingerprint density at radius 2 is 2.00 bits per heavy atom. The van der Waals surface area contributed by atoms with Gasteiger partial charge in [0.2, 0.25) is 15.9 Å². The summed E-state index contributed by atoms with van der Waals surface area (Å²) < 4.78 is 26.4. The van der Waals surface area contributed by atoms with Crippen LogP contribution in [0.2, 0.25) is 5.02 Å². The van der Waals surface area contributed by atoms with E-state index in [1.165, 1.54) is 30.0 Å². The number of nitrogens with one attached hydrogen (secondary N) is 1. The number of hydrogen-bond donors (Lipinski definition) is 2. The lowest BCUT2D eigenvalue weighted by Crippen LogP contribution is -2.44. The van der Waals surface area contributed by atoms with Crippen molar-refractivity contribution in [2.24, 2.45) is 0 Å². The molecule has 1 amide bonds. The summed E-state index contributed by atoms with van der Waals surface area (Å²) in [6, 6.07) is 3.10. The lowest BCUT2D eigenvalue weighted by atomic mass is 10.3. The van der Waals surface area contributed by atoms with Gasteiger partial charge in [-0.2, -0.15) is 4.72 Å². The number of anilines is 1. The summed E-state index contributed by atoms with van der Waals surface area (Å²) in [6.45, 7) is 1.47. The number of carbonyl (C=O) groups is 1. The standard InChI is InChI=1S/C11H16ClN3O3S/c1-7(11(16)15(2)3)14-19(17,18)8-4-5-9(12)10(13)6-8/h4-7,14H,13H2,1-3H3. The summed E-state index contributed by atoms with van der Waals surface area (Å²) in [4.78, 5) is 12.9. The molecule has 1 atom stereocenters. The van der Waals surface area contributed by atoms with Gasteiger partial charge in [-0.05, 0) is 25.1 Å². The third kappa shape index (κ3) is 3.82. The molecule has 0 aliphatic carbocycles. The van der Waals surface area contributed by atoms with Gasteiger partial charge < -0.3 is 10.6 Å². The van der Waals surface area contributed by atoms with Crippen molar-refractivity contribution >= 4 is 33.2 Å². The van der Waals surface area contributed by atoms with Crippen molar-refractivity contribution in [3.63, 3.8) is 0 Å². The van der Waals surface area contributed by atoms with Crippen molar-refractivity contribution in [3.05, 3.63) is 23.2 Å². The van der Waals surface area contributed by atoms with Crippen molar-refractivity contribution < 1.29 is 13.2 Å². The van der Waals surface area contributed by atoms with E-state index in [2.05, 4.69) is 4.72 Å². The lowest BCUT2D eigenvalue weighted by Gasteiger charge is -2.18. The zero-order valence-electron chi connectivity index (χ0n) is 10.8. The van der Waals surface area contributed by atoms with Crippen LogP contribution in [-0.2, 0) is 14.8 Å². The number of hydrogen-bond acceptors (Lipinski definition) is 4. The molecule has 0 aliphatic heterocycles. The van der Waals surface area contributed by atoms with E-state index in [1.54, 1.807) is 14.1 Å². The average molecular weight is 306 g/mol. The van der Waals surface area contributed by atoms with E-state index in [1.807, 2.05) is 0 Å². The fourth-order valence-corrected chi connectivity index (χ4v) is 2.78. The molecular formula is C11H16ClN3O3S. The zero-order chi connectivity index (χ0) is 14.8. The van der Waals surface area contributed by atoms with E-state index < -0.39 is 16.1 Å². The Kier molecular flexibility index (Phi) is 4.78. The molecule has 0 aromatic heterocycles. The van der Waals surface area contributed by atoms with Crippen molar-refractivity contribution in [1.82, 2.24) is 9.62 Å². The first-order chi connectivity index (χ1) is 8.65. The highest BCUT2D eigenvalue weighted by Gasteiger charge is 2.23. The number of benzene rings is 1. The number of rotatable bonds is 4. The van der Waals surface area contributed by atoms with Crippen molar-refractivity contribution in [2.45, 2.75) is 17.9 Å². The van der Waals surface area contributed by atoms with Crippen LogP contribution in [0.5, 0.6) is 0 Å². The van der Waals surface area contributed by atoms with E-state index in [0.717, 1.165) is 0 Å². The molecule has 1 unspecified atom stereocenters. The number of amides is 1. The minimum atomic E-state index is -3.81. The number of sulfonamides is 1. The number of nitrogen functional groups attached to an aromatic ring is 1. The molecule has 8 heteroatoms. The number of likely N-dealkylation sites (N-methyl/N-ethyl adjacent to an activating group) is 1. The maximum Gasteiger partial charge on any atom is 0.241 e. The van der Waals surface area contributed by atoms with Crippen LogP contribution < -0.4 is 10.5 Å². The SMILES string of the molecule is CC(NS(=O)(=O)c1ccc(Cl)c(N)c1)C(=O)N(C)C. The average Bonchev–Trinajstić information content (AvgIpc) is 2.30. The highest BCUT2D eigenvalue weighted by atomic mass is 35.5. The Bertz CT molecular complexity index is 587. The van der Waals surface area contributed by atoms with Gasteiger partial charge in [-0.3, -0.25) is 4.79 Å². The van der Waals surface area contributed by atoms with Crippen LogP contribution in [0.25, 0.3) is 0 Å². The molecule has 1 aromatic carbocycles. The smallest absolute Gasteiger partial charge is 0.241 e. The Labute approximate surface area is 117 Å².